The van der Waals surface area contributed by atoms with Gasteiger partial charge in [-0.15, -0.1) is 25.6 Å². The van der Waals surface area contributed by atoms with Crippen LogP contribution in [0.2, 0.25) is 0 Å². The number of piperazine rings is 1. The Bertz CT molecular complexity index is 643. The van der Waals surface area contributed by atoms with Gasteiger partial charge in [0.25, 0.3) is 0 Å². The summed E-state index contributed by atoms with van der Waals surface area (Å²) in [4.78, 5) is 28.6. The molecular weight excluding hydrogens is 418 g/mol. The molecule has 1 aliphatic heterocycles. The molecule has 0 bridgehead atoms. The molecule has 1 aliphatic rings. The summed E-state index contributed by atoms with van der Waals surface area (Å²) < 4.78 is 0.990. The van der Waals surface area contributed by atoms with E-state index in [-0.39, 0.29) is 30.6 Å². The number of carbonyl (C=O) groups excluding carboxylic acids is 2. The molecule has 142 valence electrons. The van der Waals surface area contributed by atoms with Crippen molar-refractivity contribution in [1.29, 1.82) is 0 Å². The van der Waals surface area contributed by atoms with Crippen molar-refractivity contribution in [3.63, 3.8) is 0 Å². The first kappa shape index (κ1) is 22.4. The van der Waals surface area contributed by atoms with Gasteiger partial charge in [0.15, 0.2) is 0 Å². The summed E-state index contributed by atoms with van der Waals surface area (Å²) in [5, 5.41) is 3.17. The largest absolute Gasteiger partial charge is 0.336 e. The fraction of sp³-hybridized carbons (Fsp3) is 0.368. The van der Waals surface area contributed by atoms with Crippen LogP contribution < -0.4 is 5.32 Å². The second kappa shape index (κ2) is 11.2. The molecule has 1 aromatic carbocycles. The number of nitrogens with zero attached hydrogens (tertiary/aromatic N) is 2. The molecular formula is C19H25BrClN3O2. The van der Waals surface area contributed by atoms with Gasteiger partial charge in [-0.2, -0.15) is 0 Å². The molecule has 1 atom stereocenters. The van der Waals surface area contributed by atoms with Gasteiger partial charge >= 0.3 is 0 Å². The SMILES string of the molecule is C=CCN(CC=C)C(=O)CC1NCCN(Cc2cccc(Br)c2)C1=O.Cl. The molecule has 1 N–H and O–H groups in total. The Morgan fingerprint density at radius 1 is 1.35 bits per heavy atom. The smallest absolute Gasteiger partial charge is 0.240 e. The molecule has 0 aromatic heterocycles. The summed E-state index contributed by atoms with van der Waals surface area (Å²) in [6.07, 6.45) is 3.50. The van der Waals surface area contributed by atoms with Crippen LogP contribution in [0.15, 0.2) is 54.0 Å². The molecule has 0 spiro atoms. The Kier molecular flexibility index (Phi) is 9.62. The Morgan fingerprint density at radius 3 is 2.65 bits per heavy atom. The molecule has 1 fully saturated rings. The van der Waals surface area contributed by atoms with E-state index in [1.165, 1.54) is 0 Å². The maximum Gasteiger partial charge on any atom is 0.240 e. The maximum absolute atomic E-state index is 12.7. The van der Waals surface area contributed by atoms with E-state index in [4.69, 9.17) is 0 Å². The van der Waals surface area contributed by atoms with Gasteiger partial charge in [0, 0.05) is 37.2 Å². The van der Waals surface area contributed by atoms with Crippen LogP contribution >= 0.6 is 28.3 Å². The Labute approximate surface area is 169 Å². The summed E-state index contributed by atoms with van der Waals surface area (Å²) in [5.74, 6) is -0.105. The molecule has 0 aliphatic carbocycles. The topological polar surface area (TPSA) is 52.7 Å². The molecule has 2 amide bonds. The van der Waals surface area contributed by atoms with E-state index in [1.807, 2.05) is 29.2 Å². The van der Waals surface area contributed by atoms with Crippen molar-refractivity contribution < 1.29 is 9.59 Å². The lowest BCUT2D eigenvalue weighted by atomic mass is 10.1. The van der Waals surface area contributed by atoms with Crippen LogP contribution in [-0.4, -0.2) is 53.8 Å². The minimum Gasteiger partial charge on any atom is -0.336 e. The summed E-state index contributed by atoms with van der Waals surface area (Å²) >= 11 is 3.45. The lowest BCUT2D eigenvalue weighted by Crippen LogP contribution is -2.56. The highest BCUT2D eigenvalue weighted by Crippen LogP contribution is 2.16. The quantitative estimate of drug-likeness (QED) is 0.630. The molecule has 1 aromatic rings. The zero-order valence-corrected chi connectivity index (χ0v) is 17.1. The van der Waals surface area contributed by atoms with Crippen molar-refractivity contribution in [3.05, 3.63) is 59.6 Å². The molecule has 0 saturated carbocycles. The highest BCUT2D eigenvalue weighted by molar-refractivity contribution is 9.10. The normalized spacial score (nSPS) is 16.6. The van der Waals surface area contributed by atoms with Gasteiger partial charge in [-0.1, -0.05) is 40.2 Å². The molecule has 1 heterocycles. The van der Waals surface area contributed by atoms with Gasteiger partial charge in [-0.3, -0.25) is 9.59 Å². The Balaban J connectivity index is 0.00000338. The number of hydrogen-bond donors (Lipinski definition) is 1. The molecule has 1 unspecified atom stereocenters. The molecule has 2 rings (SSSR count). The molecule has 7 heteroatoms. The number of rotatable bonds is 8. The highest BCUT2D eigenvalue weighted by Gasteiger charge is 2.31. The van der Waals surface area contributed by atoms with Gasteiger partial charge in [-0.05, 0) is 17.7 Å². The molecule has 1 saturated heterocycles. The first-order valence-corrected chi connectivity index (χ1v) is 9.10. The minimum atomic E-state index is -0.481. The lowest BCUT2D eigenvalue weighted by Gasteiger charge is -2.34. The average Bonchev–Trinajstić information content (AvgIpc) is 2.58. The van der Waals surface area contributed by atoms with Crippen molar-refractivity contribution in [2.45, 2.75) is 19.0 Å². The van der Waals surface area contributed by atoms with Crippen molar-refractivity contribution in [1.82, 2.24) is 15.1 Å². The maximum atomic E-state index is 12.7. The van der Waals surface area contributed by atoms with Crippen LogP contribution in [0.25, 0.3) is 0 Å². The van der Waals surface area contributed by atoms with E-state index in [0.717, 1.165) is 10.0 Å². The number of nitrogens with one attached hydrogen (secondary N) is 1. The predicted octanol–water partition coefficient (Wildman–Crippen LogP) is 2.76. The average molecular weight is 443 g/mol. The Hall–Kier alpha value is -1.63. The summed E-state index contributed by atoms with van der Waals surface area (Å²) in [7, 11) is 0. The van der Waals surface area contributed by atoms with Gasteiger partial charge in [-0.25, -0.2) is 0 Å². The van der Waals surface area contributed by atoms with Crippen LogP contribution in [-0.2, 0) is 16.1 Å². The third kappa shape index (κ3) is 6.27. The molecule has 5 nitrogen and oxygen atoms in total. The number of carbonyl (C=O) groups is 2. The molecule has 26 heavy (non-hydrogen) atoms. The molecule has 0 radical (unpaired) electrons. The van der Waals surface area contributed by atoms with Gasteiger partial charge in [0.2, 0.25) is 11.8 Å². The number of amides is 2. The van der Waals surface area contributed by atoms with E-state index in [1.54, 1.807) is 17.1 Å². The van der Waals surface area contributed by atoms with E-state index in [0.29, 0.717) is 32.7 Å². The van der Waals surface area contributed by atoms with E-state index >= 15 is 0 Å². The van der Waals surface area contributed by atoms with Crippen molar-refractivity contribution in [2.75, 3.05) is 26.2 Å². The van der Waals surface area contributed by atoms with Crippen LogP contribution in [0.1, 0.15) is 12.0 Å². The monoisotopic (exact) mass is 441 g/mol. The highest BCUT2D eigenvalue weighted by atomic mass is 79.9. The van der Waals surface area contributed by atoms with Crippen LogP contribution in [0.3, 0.4) is 0 Å². The fourth-order valence-electron chi connectivity index (χ4n) is 2.86. The van der Waals surface area contributed by atoms with Gasteiger partial charge < -0.3 is 15.1 Å². The van der Waals surface area contributed by atoms with E-state index < -0.39 is 6.04 Å². The first-order valence-electron chi connectivity index (χ1n) is 8.31. The second-order valence-corrected chi connectivity index (χ2v) is 6.89. The summed E-state index contributed by atoms with van der Waals surface area (Å²) in [5.41, 5.74) is 1.06. The van der Waals surface area contributed by atoms with Crippen molar-refractivity contribution in [3.8, 4) is 0 Å². The van der Waals surface area contributed by atoms with Gasteiger partial charge in [0.05, 0.1) is 12.5 Å². The lowest BCUT2D eigenvalue weighted by molar-refractivity contribution is -0.141. The van der Waals surface area contributed by atoms with Crippen molar-refractivity contribution >= 4 is 40.2 Å². The van der Waals surface area contributed by atoms with Crippen LogP contribution in [0, 0.1) is 0 Å². The van der Waals surface area contributed by atoms with Crippen LogP contribution in [0.5, 0.6) is 0 Å². The van der Waals surface area contributed by atoms with E-state index in [2.05, 4.69) is 34.4 Å². The summed E-state index contributed by atoms with van der Waals surface area (Å²) in [6, 6.07) is 7.43. The number of benzene rings is 1. The van der Waals surface area contributed by atoms with Crippen molar-refractivity contribution in [2.24, 2.45) is 0 Å². The zero-order chi connectivity index (χ0) is 18.2. The third-order valence-corrected chi connectivity index (χ3v) is 4.57. The predicted molar refractivity (Wildman–Crippen MR) is 110 cm³/mol. The second-order valence-electron chi connectivity index (χ2n) is 5.98. The minimum absolute atomic E-state index is 0. The van der Waals surface area contributed by atoms with Gasteiger partial charge in [0.1, 0.15) is 0 Å². The van der Waals surface area contributed by atoms with E-state index in [9.17, 15) is 9.59 Å². The Morgan fingerprint density at radius 2 is 2.04 bits per heavy atom. The zero-order valence-electron chi connectivity index (χ0n) is 14.7. The fourth-order valence-corrected chi connectivity index (χ4v) is 3.30. The first-order chi connectivity index (χ1) is 12.0. The number of halogens is 2. The van der Waals surface area contributed by atoms with Crippen LogP contribution in [0.4, 0.5) is 0 Å². The summed E-state index contributed by atoms with van der Waals surface area (Å²) in [6.45, 7) is 10.1. The number of hydrogen-bond acceptors (Lipinski definition) is 3. The third-order valence-electron chi connectivity index (χ3n) is 4.08. The standard InChI is InChI=1S/C19H24BrN3O2.ClH/c1-3-9-22(10-4-2)18(24)13-17-19(25)23(11-8-21-17)14-15-6-5-7-16(20)12-15;/h3-7,12,17,21H,1-2,8-11,13-14H2;1H.